The lowest BCUT2D eigenvalue weighted by Gasteiger charge is -1.93. The maximum Gasteiger partial charge on any atom is 0.309 e. The lowest BCUT2D eigenvalue weighted by atomic mass is 10.5. The quantitative estimate of drug-likeness (QED) is 0.361. The van der Waals surface area contributed by atoms with E-state index in [2.05, 4.69) is 17.6 Å². The number of primary amides is 1. The van der Waals surface area contributed by atoms with Gasteiger partial charge >= 0.3 is 11.8 Å². The van der Waals surface area contributed by atoms with E-state index in [1.54, 1.807) is 0 Å². The summed E-state index contributed by atoms with van der Waals surface area (Å²) in [5.41, 5.74) is 4.59. The fourth-order valence-corrected chi connectivity index (χ4v) is 0.252. The van der Waals surface area contributed by atoms with Crippen molar-refractivity contribution in [1.82, 2.24) is 5.32 Å². The summed E-state index contributed by atoms with van der Waals surface area (Å²) in [5, 5.41) is 2.20. The van der Waals surface area contributed by atoms with Gasteiger partial charge in [-0.1, -0.05) is 6.08 Å². The Morgan fingerprint density at radius 2 is 2.22 bits per heavy atom. The second-order valence-corrected chi connectivity index (χ2v) is 1.36. The molecule has 2 amide bonds. The minimum Gasteiger partial charge on any atom is -0.361 e. The average molecular weight is 128 g/mol. The van der Waals surface area contributed by atoms with Crippen molar-refractivity contribution in [3.63, 3.8) is 0 Å². The van der Waals surface area contributed by atoms with Crippen molar-refractivity contribution in [3.8, 4) is 0 Å². The number of rotatable bonds is 2. The molecule has 50 valence electrons. The molecule has 0 aliphatic carbocycles. The van der Waals surface area contributed by atoms with Crippen molar-refractivity contribution >= 4 is 11.8 Å². The SMILES string of the molecule is C=CCNC(=O)C(N)=O. The number of amides is 2. The third-order valence-corrected chi connectivity index (χ3v) is 0.631. The Morgan fingerprint density at radius 1 is 1.67 bits per heavy atom. The van der Waals surface area contributed by atoms with Crippen LogP contribution in [0.4, 0.5) is 0 Å². The van der Waals surface area contributed by atoms with E-state index in [9.17, 15) is 9.59 Å². The molecule has 9 heavy (non-hydrogen) atoms. The Balaban J connectivity index is 3.51. The first kappa shape index (κ1) is 7.68. The van der Waals surface area contributed by atoms with E-state index in [4.69, 9.17) is 0 Å². The molecule has 0 fully saturated rings. The Kier molecular flexibility index (Phi) is 3.12. The molecule has 0 radical (unpaired) electrons. The fraction of sp³-hybridized carbons (Fsp3) is 0.200. The van der Waals surface area contributed by atoms with Crippen molar-refractivity contribution in [2.24, 2.45) is 5.73 Å². The topological polar surface area (TPSA) is 72.2 Å². The summed E-state index contributed by atoms with van der Waals surface area (Å²) >= 11 is 0. The zero-order valence-electron chi connectivity index (χ0n) is 4.89. The molecular formula is C5H8N2O2. The van der Waals surface area contributed by atoms with Crippen LogP contribution in [0.15, 0.2) is 12.7 Å². The summed E-state index contributed by atoms with van der Waals surface area (Å²) in [4.78, 5) is 20.2. The van der Waals surface area contributed by atoms with Crippen molar-refractivity contribution in [2.45, 2.75) is 0 Å². The first-order valence-corrected chi connectivity index (χ1v) is 2.37. The van der Waals surface area contributed by atoms with Crippen LogP contribution >= 0.6 is 0 Å². The van der Waals surface area contributed by atoms with Crippen LogP contribution in [0, 0.1) is 0 Å². The molecule has 4 nitrogen and oxygen atoms in total. The predicted molar refractivity (Wildman–Crippen MR) is 32.4 cm³/mol. The van der Waals surface area contributed by atoms with Gasteiger partial charge in [-0.25, -0.2) is 0 Å². The summed E-state index contributed by atoms with van der Waals surface area (Å²) in [5.74, 6) is -1.76. The Morgan fingerprint density at radius 3 is 2.56 bits per heavy atom. The molecule has 0 saturated carbocycles. The highest BCUT2D eigenvalue weighted by Gasteiger charge is 2.04. The van der Waals surface area contributed by atoms with Crippen molar-refractivity contribution in [3.05, 3.63) is 12.7 Å². The molecule has 0 rings (SSSR count). The number of hydrogen-bond donors (Lipinski definition) is 2. The van der Waals surface area contributed by atoms with E-state index in [1.807, 2.05) is 0 Å². The molecule has 0 atom stereocenters. The predicted octanol–water partition coefficient (Wildman–Crippen LogP) is -1.23. The van der Waals surface area contributed by atoms with E-state index in [1.165, 1.54) is 6.08 Å². The van der Waals surface area contributed by atoms with E-state index in [0.717, 1.165) is 0 Å². The van der Waals surface area contributed by atoms with E-state index < -0.39 is 11.8 Å². The van der Waals surface area contributed by atoms with Crippen LogP contribution in [0.1, 0.15) is 0 Å². The molecule has 0 heterocycles. The van der Waals surface area contributed by atoms with Gasteiger partial charge in [0.2, 0.25) is 0 Å². The van der Waals surface area contributed by atoms with Gasteiger partial charge in [-0.05, 0) is 0 Å². The van der Waals surface area contributed by atoms with Crippen LogP contribution in [0.5, 0.6) is 0 Å². The van der Waals surface area contributed by atoms with Crippen molar-refractivity contribution in [2.75, 3.05) is 6.54 Å². The van der Waals surface area contributed by atoms with Gasteiger partial charge in [0.05, 0.1) is 0 Å². The third kappa shape index (κ3) is 3.28. The summed E-state index contributed by atoms with van der Waals surface area (Å²) < 4.78 is 0. The summed E-state index contributed by atoms with van der Waals surface area (Å²) in [6.07, 6.45) is 1.46. The van der Waals surface area contributed by atoms with Gasteiger partial charge in [0.1, 0.15) is 0 Å². The third-order valence-electron chi connectivity index (χ3n) is 0.631. The monoisotopic (exact) mass is 128 g/mol. The highest BCUT2D eigenvalue weighted by atomic mass is 16.2. The first-order chi connectivity index (χ1) is 4.18. The van der Waals surface area contributed by atoms with Crippen molar-refractivity contribution < 1.29 is 9.59 Å². The molecule has 0 saturated heterocycles. The molecule has 0 bridgehead atoms. The van der Waals surface area contributed by atoms with Gasteiger partial charge in [-0.15, -0.1) is 6.58 Å². The second kappa shape index (κ2) is 3.65. The van der Waals surface area contributed by atoms with Crippen LogP contribution in [0.3, 0.4) is 0 Å². The molecule has 3 N–H and O–H groups in total. The molecule has 4 heteroatoms. The highest BCUT2D eigenvalue weighted by Crippen LogP contribution is 1.62. The molecule has 0 aliphatic heterocycles. The number of carbonyl (C=O) groups excluding carboxylic acids is 2. The Labute approximate surface area is 52.7 Å². The first-order valence-electron chi connectivity index (χ1n) is 2.37. The van der Waals surface area contributed by atoms with E-state index in [-0.39, 0.29) is 6.54 Å². The summed E-state index contributed by atoms with van der Waals surface area (Å²) in [6.45, 7) is 3.59. The van der Waals surface area contributed by atoms with Gasteiger partial charge < -0.3 is 11.1 Å². The molecule has 0 aromatic heterocycles. The van der Waals surface area contributed by atoms with Crippen LogP contribution < -0.4 is 11.1 Å². The minimum atomic E-state index is -0.975. The van der Waals surface area contributed by atoms with Gasteiger partial charge in [0.15, 0.2) is 0 Å². The second-order valence-electron chi connectivity index (χ2n) is 1.36. The van der Waals surface area contributed by atoms with Crippen LogP contribution in [0.2, 0.25) is 0 Å². The number of nitrogens with two attached hydrogens (primary N) is 1. The molecule has 0 unspecified atom stereocenters. The smallest absolute Gasteiger partial charge is 0.309 e. The van der Waals surface area contributed by atoms with Crippen LogP contribution in [-0.4, -0.2) is 18.4 Å². The highest BCUT2D eigenvalue weighted by molar-refractivity contribution is 6.34. The molecule has 0 aromatic rings. The molecule has 0 aliphatic rings. The molecule has 0 aromatic carbocycles. The van der Waals surface area contributed by atoms with Gasteiger partial charge in [-0.3, -0.25) is 9.59 Å². The number of carbonyl (C=O) groups is 2. The summed E-state index contributed by atoms with van der Waals surface area (Å²) in [6, 6.07) is 0. The number of hydrogen-bond acceptors (Lipinski definition) is 2. The standard InChI is InChI=1S/C5H8N2O2/c1-2-3-7-5(9)4(6)8/h2H,1,3H2,(H2,6,8)(H,7,9). The maximum atomic E-state index is 10.3. The zero-order chi connectivity index (χ0) is 7.28. The lowest BCUT2D eigenvalue weighted by Crippen LogP contribution is -2.35. The zero-order valence-corrected chi connectivity index (χ0v) is 4.89. The fourth-order valence-electron chi connectivity index (χ4n) is 0.252. The minimum absolute atomic E-state index is 0.266. The average Bonchev–Trinajstić information content (AvgIpc) is 1.82. The van der Waals surface area contributed by atoms with E-state index in [0.29, 0.717) is 0 Å². The molecule has 0 spiro atoms. The lowest BCUT2D eigenvalue weighted by molar-refractivity contribution is -0.137. The van der Waals surface area contributed by atoms with Gasteiger partial charge in [0.25, 0.3) is 0 Å². The maximum absolute atomic E-state index is 10.3. The van der Waals surface area contributed by atoms with Crippen molar-refractivity contribution in [1.29, 1.82) is 0 Å². The largest absolute Gasteiger partial charge is 0.361 e. The normalized spacial score (nSPS) is 8.00. The summed E-state index contributed by atoms with van der Waals surface area (Å²) in [7, 11) is 0. The van der Waals surface area contributed by atoms with Crippen LogP contribution in [-0.2, 0) is 9.59 Å². The van der Waals surface area contributed by atoms with Gasteiger partial charge in [0, 0.05) is 6.54 Å². The number of nitrogens with one attached hydrogen (secondary N) is 1. The Bertz CT molecular complexity index is 142. The van der Waals surface area contributed by atoms with E-state index >= 15 is 0 Å². The molecular weight excluding hydrogens is 120 g/mol. The Hall–Kier alpha value is -1.32. The van der Waals surface area contributed by atoms with Crippen LogP contribution in [0.25, 0.3) is 0 Å². The van der Waals surface area contributed by atoms with Gasteiger partial charge in [-0.2, -0.15) is 0 Å².